The molecule has 0 N–H and O–H groups in total. The highest BCUT2D eigenvalue weighted by Crippen LogP contribution is 2.16. The van der Waals surface area contributed by atoms with Crippen LogP contribution in [0.2, 0.25) is 6.04 Å². The van der Waals surface area contributed by atoms with E-state index in [1.54, 1.807) is 0 Å². The molecule has 24 heavy (non-hydrogen) atoms. The van der Waals surface area contributed by atoms with Crippen molar-refractivity contribution in [2.24, 2.45) is 0 Å². The van der Waals surface area contributed by atoms with Gasteiger partial charge in [0.2, 0.25) is 0 Å². The average molecular weight is 364 g/mol. The lowest BCUT2D eigenvalue weighted by molar-refractivity contribution is -0.243. The highest BCUT2D eigenvalue weighted by atomic mass is 28.2. The summed E-state index contributed by atoms with van der Waals surface area (Å²) in [6.45, 7) is 4.38. The topological polar surface area (TPSA) is 27.7 Å². The van der Waals surface area contributed by atoms with E-state index in [-0.39, 0.29) is 0 Å². The number of rotatable bonds is 13. The summed E-state index contributed by atoms with van der Waals surface area (Å²) in [5.41, 5.74) is 0.500. The minimum Gasteiger partial charge on any atom is -0.379 e. The van der Waals surface area contributed by atoms with Crippen LogP contribution in [0.15, 0.2) is 12.1 Å². The number of unbranched alkanes of at least 4 members (excludes halogenated alkanes) is 3. The molecule has 0 atom stereocenters. The van der Waals surface area contributed by atoms with Crippen molar-refractivity contribution in [1.82, 2.24) is 0 Å². The molecule has 3 nitrogen and oxygen atoms in total. The minimum atomic E-state index is -1.40. The van der Waals surface area contributed by atoms with Crippen LogP contribution >= 0.6 is 0 Å². The van der Waals surface area contributed by atoms with Gasteiger partial charge in [0, 0.05) is 13.2 Å². The molecule has 1 aromatic rings. The van der Waals surface area contributed by atoms with Gasteiger partial charge in [0.15, 0.2) is 27.2 Å². The highest BCUT2D eigenvalue weighted by Gasteiger charge is 2.10. The van der Waals surface area contributed by atoms with Crippen LogP contribution in [-0.2, 0) is 20.3 Å². The van der Waals surface area contributed by atoms with Gasteiger partial charge in [-0.1, -0.05) is 19.3 Å². The molecular weight excluding hydrogens is 337 g/mol. The van der Waals surface area contributed by atoms with Crippen LogP contribution < -0.4 is 0 Å². The first-order valence-electron chi connectivity index (χ1n) is 8.56. The summed E-state index contributed by atoms with van der Waals surface area (Å²) < 4.78 is 55.2. The molecule has 0 aromatic heterocycles. The van der Waals surface area contributed by atoms with Crippen molar-refractivity contribution in [2.45, 2.75) is 58.5 Å². The van der Waals surface area contributed by atoms with Gasteiger partial charge in [-0.3, -0.25) is 0 Å². The Morgan fingerprint density at radius 3 is 2.08 bits per heavy atom. The normalized spacial score (nSPS) is 11.9. The van der Waals surface area contributed by atoms with Crippen molar-refractivity contribution in [3.8, 4) is 0 Å². The average Bonchev–Trinajstić information content (AvgIpc) is 2.55. The Balaban J connectivity index is 2.08. The molecule has 0 bridgehead atoms. The van der Waals surface area contributed by atoms with E-state index < -0.39 is 33.7 Å². The van der Waals surface area contributed by atoms with Gasteiger partial charge in [0.05, 0.1) is 0 Å². The third-order valence-electron chi connectivity index (χ3n) is 3.51. The van der Waals surface area contributed by atoms with Crippen molar-refractivity contribution in [3.63, 3.8) is 0 Å². The fourth-order valence-corrected chi connectivity index (χ4v) is 3.42. The zero-order chi connectivity index (χ0) is 17.8. The first kappa shape index (κ1) is 21.2. The Morgan fingerprint density at radius 2 is 1.50 bits per heavy atom. The maximum Gasteiger partial charge on any atom is 0.261 e. The van der Waals surface area contributed by atoms with Gasteiger partial charge in [-0.15, -0.1) is 0 Å². The largest absolute Gasteiger partial charge is 0.379 e. The molecule has 0 heterocycles. The number of aryl methyl sites for hydroxylation is 1. The van der Waals surface area contributed by atoms with Crippen LogP contribution in [0.4, 0.5) is 13.2 Å². The van der Waals surface area contributed by atoms with Crippen LogP contribution in [0.5, 0.6) is 0 Å². The van der Waals surface area contributed by atoms with Crippen LogP contribution in [0.3, 0.4) is 0 Å². The molecule has 0 saturated heterocycles. The van der Waals surface area contributed by atoms with Gasteiger partial charge in [-0.2, -0.15) is 0 Å². The molecule has 0 aliphatic rings. The van der Waals surface area contributed by atoms with Crippen molar-refractivity contribution in [3.05, 3.63) is 35.1 Å². The highest BCUT2D eigenvalue weighted by molar-refractivity contribution is 6.27. The molecule has 0 aliphatic carbocycles. The first-order valence-corrected chi connectivity index (χ1v) is 10.1. The van der Waals surface area contributed by atoms with Gasteiger partial charge < -0.3 is 13.9 Å². The maximum absolute atomic E-state index is 13.1. The summed E-state index contributed by atoms with van der Waals surface area (Å²) in [5, 5.41) is 0. The van der Waals surface area contributed by atoms with E-state index in [1.165, 1.54) is 0 Å². The number of hydrogen-bond donors (Lipinski definition) is 0. The predicted molar refractivity (Wildman–Crippen MR) is 90.0 cm³/mol. The number of ether oxygens (including phenoxy) is 2. The van der Waals surface area contributed by atoms with Gasteiger partial charge in [0.25, 0.3) is 6.48 Å². The Hall–Kier alpha value is -0.893. The van der Waals surface area contributed by atoms with E-state index in [1.807, 2.05) is 13.8 Å². The van der Waals surface area contributed by atoms with Crippen LogP contribution in [0.25, 0.3) is 0 Å². The van der Waals surface area contributed by atoms with Gasteiger partial charge in [-0.05, 0) is 50.4 Å². The molecule has 0 saturated carbocycles. The molecular formula is C17H27F3O3Si. The Labute approximate surface area is 144 Å². The molecule has 0 radical (unpaired) electrons. The lowest BCUT2D eigenvalue weighted by Gasteiger charge is -2.17. The summed E-state index contributed by atoms with van der Waals surface area (Å²) in [7, 11) is -0.668. The predicted octanol–water partition coefficient (Wildman–Crippen LogP) is 4.08. The summed E-state index contributed by atoms with van der Waals surface area (Å²) in [6, 6.07) is 3.18. The summed E-state index contributed by atoms with van der Waals surface area (Å²) in [5.74, 6) is -3.64. The second-order valence-electron chi connectivity index (χ2n) is 5.46. The molecule has 0 unspecified atom stereocenters. The van der Waals surface area contributed by atoms with E-state index in [0.717, 1.165) is 43.9 Å². The van der Waals surface area contributed by atoms with Crippen molar-refractivity contribution < 1.29 is 27.1 Å². The Kier molecular flexibility index (Phi) is 11.0. The van der Waals surface area contributed by atoms with E-state index in [9.17, 15) is 13.2 Å². The Morgan fingerprint density at radius 1 is 0.917 bits per heavy atom. The zero-order valence-electron chi connectivity index (χ0n) is 14.5. The molecule has 1 aromatic carbocycles. The second kappa shape index (κ2) is 12.5. The van der Waals surface area contributed by atoms with Crippen LogP contribution in [-0.4, -0.2) is 29.5 Å². The van der Waals surface area contributed by atoms with Gasteiger partial charge in [-0.25, -0.2) is 13.2 Å². The summed E-state index contributed by atoms with van der Waals surface area (Å²) in [4.78, 5) is 0. The molecule has 0 fully saturated rings. The number of hydrogen-bond acceptors (Lipinski definition) is 3. The SMILES string of the molecule is CCOC(OCC)O[SiH2]CCCCCCc1cc(F)c(F)c(F)c1. The molecule has 0 aliphatic heterocycles. The second-order valence-corrected chi connectivity index (χ2v) is 6.91. The van der Waals surface area contributed by atoms with Crippen molar-refractivity contribution in [1.29, 1.82) is 0 Å². The minimum absolute atomic E-state index is 0.500. The van der Waals surface area contributed by atoms with Gasteiger partial charge in [0.1, 0.15) is 0 Å². The zero-order valence-corrected chi connectivity index (χ0v) is 15.9. The van der Waals surface area contributed by atoms with E-state index in [2.05, 4.69) is 0 Å². The van der Waals surface area contributed by atoms with E-state index in [4.69, 9.17) is 13.9 Å². The summed E-state index contributed by atoms with van der Waals surface area (Å²) >= 11 is 0. The van der Waals surface area contributed by atoms with Crippen molar-refractivity contribution in [2.75, 3.05) is 13.2 Å². The van der Waals surface area contributed by atoms with Crippen LogP contribution in [0.1, 0.15) is 45.1 Å². The fraction of sp³-hybridized carbons (Fsp3) is 0.647. The quantitative estimate of drug-likeness (QED) is 0.228. The fourth-order valence-electron chi connectivity index (χ4n) is 2.31. The van der Waals surface area contributed by atoms with Gasteiger partial charge >= 0.3 is 0 Å². The Bertz CT molecular complexity index is 445. The standard InChI is InChI=1S/C17H27F3O3Si/c1-3-21-17(22-4-2)23-24-10-8-6-5-7-9-13-11-14(18)16(20)15(19)12-13/h11-12,17H,3-10,24H2,1-2H3. The smallest absolute Gasteiger partial charge is 0.261 e. The van der Waals surface area contributed by atoms with Crippen LogP contribution in [0, 0.1) is 17.5 Å². The first-order chi connectivity index (χ1) is 11.6. The molecule has 1 rings (SSSR count). The lowest BCUT2D eigenvalue weighted by Crippen LogP contribution is -2.22. The molecule has 0 spiro atoms. The lowest BCUT2D eigenvalue weighted by atomic mass is 10.1. The van der Waals surface area contributed by atoms with E-state index >= 15 is 0 Å². The number of benzene rings is 1. The third-order valence-corrected chi connectivity index (χ3v) is 4.81. The monoisotopic (exact) mass is 364 g/mol. The molecule has 0 amide bonds. The third kappa shape index (κ3) is 8.28. The van der Waals surface area contributed by atoms with E-state index in [0.29, 0.717) is 25.2 Å². The molecule has 7 heteroatoms. The number of halogens is 3. The summed E-state index contributed by atoms with van der Waals surface area (Å²) in [6.07, 6.45) is 4.45. The van der Waals surface area contributed by atoms with Crippen molar-refractivity contribution >= 4 is 9.76 Å². The maximum atomic E-state index is 13.1. The molecule has 138 valence electrons.